The summed E-state index contributed by atoms with van der Waals surface area (Å²) in [6, 6.07) is 14.8. The SMILES string of the molecule is CCOc1cccc(-c2ccc(C)cc2)c1C. The first-order valence-electron chi connectivity index (χ1n) is 6.02. The van der Waals surface area contributed by atoms with Crippen molar-refractivity contribution in [1.29, 1.82) is 0 Å². The summed E-state index contributed by atoms with van der Waals surface area (Å²) in [5.41, 5.74) is 4.98. The molecular formula is C16H18O. The Balaban J connectivity index is 2.45. The fourth-order valence-corrected chi connectivity index (χ4v) is 1.97. The van der Waals surface area contributed by atoms with Gasteiger partial charge in [0.2, 0.25) is 0 Å². The van der Waals surface area contributed by atoms with Gasteiger partial charge in [-0.3, -0.25) is 0 Å². The summed E-state index contributed by atoms with van der Waals surface area (Å²) in [7, 11) is 0. The molecule has 0 amide bonds. The van der Waals surface area contributed by atoms with Crippen molar-refractivity contribution in [2.45, 2.75) is 20.8 Å². The molecule has 0 heterocycles. The van der Waals surface area contributed by atoms with E-state index in [2.05, 4.69) is 44.2 Å². The molecule has 1 nitrogen and oxygen atoms in total. The smallest absolute Gasteiger partial charge is 0.122 e. The van der Waals surface area contributed by atoms with E-state index in [-0.39, 0.29) is 0 Å². The van der Waals surface area contributed by atoms with E-state index in [4.69, 9.17) is 4.74 Å². The van der Waals surface area contributed by atoms with Gasteiger partial charge >= 0.3 is 0 Å². The monoisotopic (exact) mass is 226 g/mol. The normalized spacial score (nSPS) is 10.3. The lowest BCUT2D eigenvalue weighted by atomic mass is 9.99. The molecule has 0 aliphatic heterocycles. The minimum absolute atomic E-state index is 0.707. The first-order chi connectivity index (χ1) is 8.22. The third-order valence-electron chi connectivity index (χ3n) is 2.95. The van der Waals surface area contributed by atoms with Crippen LogP contribution < -0.4 is 4.74 Å². The van der Waals surface area contributed by atoms with Crippen molar-refractivity contribution in [2.75, 3.05) is 6.61 Å². The first kappa shape index (κ1) is 11.7. The maximum Gasteiger partial charge on any atom is 0.122 e. The number of aryl methyl sites for hydroxylation is 1. The molecule has 0 aliphatic rings. The van der Waals surface area contributed by atoms with Crippen LogP contribution in [0.25, 0.3) is 11.1 Å². The van der Waals surface area contributed by atoms with E-state index in [1.807, 2.05) is 19.1 Å². The Hall–Kier alpha value is -1.76. The zero-order chi connectivity index (χ0) is 12.3. The molecule has 1 heteroatoms. The fraction of sp³-hybridized carbons (Fsp3) is 0.250. The summed E-state index contributed by atoms with van der Waals surface area (Å²) in [4.78, 5) is 0. The summed E-state index contributed by atoms with van der Waals surface area (Å²) < 4.78 is 5.62. The molecule has 88 valence electrons. The Labute approximate surface area is 103 Å². The van der Waals surface area contributed by atoms with Crippen molar-refractivity contribution in [3.8, 4) is 16.9 Å². The molecule has 0 aliphatic carbocycles. The third-order valence-corrected chi connectivity index (χ3v) is 2.95. The molecule has 0 radical (unpaired) electrons. The van der Waals surface area contributed by atoms with Crippen LogP contribution in [0.3, 0.4) is 0 Å². The molecule has 0 saturated heterocycles. The third kappa shape index (κ3) is 2.50. The molecular weight excluding hydrogens is 208 g/mol. The highest BCUT2D eigenvalue weighted by atomic mass is 16.5. The molecule has 2 aromatic carbocycles. The molecule has 0 saturated carbocycles. The lowest BCUT2D eigenvalue weighted by Crippen LogP contribution is -1.95. The molecule has 0 atom stereocenters. The number of benzene rings is 2. The lowest BCUT2D eigenvalue weighted by molar-refractivity contribution is 0.338. The first-order valence-corrected chi connectivity index (χ1v) is 6.02. The van der Waals surface area contributed by atoms with Crippen LogP contribution in [0.5, 0.6) is 5.75 Å². The number of rotatable bonds is 3. The van der Waals surface area contributed by atoms with Crippen LogP contribution in [0.4, 0.5) is 0 Å². The summed E-state index contributed by atoms with van der Waals surface area (Å²) in [5.74, 6) is 0.977. The van der Waals surface area contributed by atoms with Crippen molar-refractivity contribution in [2.24, 2.45) is 0 Å². The van der Waals surface area contributed by atoms with Crippen molar-refractivity contribution in [1.82, 2.24) is 0 Å². The van der Waals surface area contributed by atoms with Crippen LogP contribution in [-0.2, 0) is 0 Å². The Morgan fingerprint density at radius 1 is 0.941 bits per heavy atom. The summed E-state index contributed by atoms with van der Waals surface area (Å²) in [5, 5.41) is 0. The lowest BCUT2D eigenvalue weighted by Gasteiger charge is -2.12. The minimum atomic E-state index is 0.707. The molecule has 0 unspecified atom stereocenters. The molecule has 0 aromatic heterocycles. The van der Waals surface area contributed by atoms with Gasteiger partial charge in [-0.1, -0.05) is 42.0 Å². The van der Waals surface area contributed by atoms with Crippen LogP contribution in [0, 0.1) is 13.8 Å². The zero-order valence-corrected chi connectivity index (χ0v) is 10.7. The highest BCUT2D eigenvalue weighted by molar-refractivity contribution is 5.69. The molecule has 0 N–H and O–H groups in total. The van der Waals surface area contributed by atoms with Gasteiger partial charge in [0, 0.05) is 0 Å². The van der Waals surface area contributed by atoms with E-state index < -0.39 is 0 Å². The Kier molecular flexibility index (Phi) is 3.48. The van der Waals surface area contributed by atoms with Crippen molar-refractivity contribution < 1.29 is 4.74 Å². The van der Waals surface area contributed by atoms with Crippen molar-refractivity contribution in [3.05, 3.63) is 53.6 Å². The average Bonchev–Trinajstić information content (AvgIpc) is 2.34. The largest absolute Gasteiger partial charge is 0.494 e. The van der Waals surface area contributed by atoms with Gasteiger partial charge in [0.15, 0.2) is 0 Å². The quantitative estimate of drug-likeness (QED) is 0.755. The van der Waals surface area contributed by atoms with Gasteiger partial charge in [0.1, 0.15) is 5.75 Å². The second-order valence-electron chi connectivity index (χ2n) is 4.23. The molecule has 0 spiro atoms. The minimum Gasteiger partial charge on any atom is -0.494 e. The maximum absolute atomic E-state index is 5.62. The predicted molar refractivity (Wildman–Crippen MR) is 72.5 cm³/mol. The van der Waals surface area contributed by atoms with Crippen LogP contribution in [-0.4, -0.2) is 6.61 Å². The fourth-order valence-electron chi connectivity index (χ4n) is 1.97. The topological polar surface area (TPSA) is 9.23 Å². The molecule has 2 aromatic rings. The molecule has 2 rings (SSSR count). The van der Waals surface area contributed by atoms with Gasteiger partial charge in [-0.05, 0) is 43.5 Å². The van der Waals surface area contributed by atoms with Gasteiger partial charge < -0.3 is 4.74 Å². The van der Waals surface area contributed by atoms with Gasteiger partial charge in [-0.15, -0.1) is 0 Å². The van der Waals surface area contributed by atoms with E-state index >= 15 is 0 Å². The standard InChI is InChI=1S/C16H18O/c1-4-17-16-7-5-6-15(13(16)3)14-10-8-12(2)9-11-14/h5-11H,4H2,1-3H3. The van der Waals surface area contributed by atoms with E-state index in [0.29, 0.717) is 6.61 Å². The molecule has 17 heavy (non-hydrogen) atoms. The van der Waals surface area contributed by atoms with Crippen LogP contribution in [0.15, 0.2) is 42.5 Å². The summed E-state index contributed by atoms with van der Waals surface area (Å²) in [6.45, 7) is 6.93. The van der Waals surface area contributed by atoms with Crippen molar-refractivity contribution >= 4 is 0 Å². The highest BCUT2D eigenvalue weighted by Gasteiger charge is 2.06. The van der Waals surface area contributed by atoms with Crippen LogP contribution in [0.1, 0.15) is 18.1 Å². The van der Waals surface area contributed by atoms with Gasteiger partial charge in [-0.2, -0.15) is 0 Å². The van der Waals surface area contributed by atoms with E-state index in [1.165, 1.54) is 22.3 Å². The molecule has 0 bridgehead atoms. The van der Waals surface area contributed by atoms with Crippen LogP contribution >= 0.6 is 0 Å². The number of hydrogen-bond donors (Lipinski definition) is 0. The van der Waals surface area contributed by atoms with Gasteiger partial charge in [0.05, 0.1) is 6.61 Å². The van der Waals surface area contributed by atoms with Gasteiger partial charge in [-0.25, -0.2) is 0 Å². The zero-order valence-electron chi connectivity index (χ0n) is 10.7. The van der Waals surface area contributed by atoms with E-state index in [9.17, 15) is 0 Å². The predicted octanol–water partition coefficient (Wildman–Crippen LogP) is 4.37. The van der Waals surface area contributed by atoms with Crippen LogP contribution in [0.2, 0.25) is 0 Å². The number of ether oxygens (including phenoxy) is 1. The summed E-state index contributed by atoms with van der Waals surface area (Å²) >= 11 is 0. The Bertz CT molecular complexity index is 497. The average molecular weight is 226 g/mol. The number of hydrogen-bond acceptors (Lipinski definition) is 1. The highest BCUT2D eigenvalue weighted by Crippen LogP contribution is 2.29. The van der Waals surface area contributed by atoms with E-state index in [0.717, 1.165) is 5.75 Å². The Morgan fingerprint density at radius 2 is 1.65 bits per heavy atom. The maximum atomic E-state index is 5.62. The second-order valence-corrected chi connectivity index (χ2v) is 4.23. The van der Waals surface area contributed by atoms with Gasteiger partial charge in [0.25, 0.3) is 0 Å². The second kappa shape index (κ2) is 5.05. The Morgan fingerprint density at radius 3 is 2.29 bits per heavy atom. The van der Waals surface area contributed by atoms with Crippen molar-refractivity contribution in [3.63, 3.8) is 0 Å². The van der Waals surface area contributed by atoms with E-state index in [1.54, 1.807) is 0 Å². The molecule has 0 fully saturated rings. The summed E-state index contributed by atoms with van der Waals surface area (Å²) in [6.07, 6.45) is 0.